The molecule has 0 radical (unpaired) electrons. The maximum absolute atomic E-state index is 4.42. The van der Waals surface area contributed by atoms with Crippen molar-refractivity contribution in [1.29, 1.82) is 0 Å². The van der Waals surface area contributed by atoms with E-state index in [0.717, 1.165) is 18.5 Å². The summed E-state index contributed by atoms with van der Waals surface area (Å²) in [6, 6.07) is 7.73. The molecule has 2 aliphatic heterocycles. The van der Waals surface area contributed by atoms with Crippen molar-refractivity contribution in [2.24, 2.45) is 0 Å². The van der Waals surface area contributed by atoms with Crippen LogP contribution < -0.4 is 5.32 Å². The number of rotatable bonds is 4. The second-order valence-electron chi connectivity index (χ2n) is 5.52. The Kier molecular flexibility index (Phi) is 3.91. The molecule has 2 saturated heterocycles. The molecule has 0 amide bonds. The zero-order valence-corrected chi connectivity index (χ0v) is 11.0. The molecule has 0 bridgehead atoms. The summed E-state index contributed by atoms with van der Waals surface area (Å²) in [6.45, 7) is 3.66. The summed E-state index contributed by atoms with van der Waals surface area (Å²) in [5.74, 6) is 0. The molecular formula is C15H23N3. The van der Waals surface area contributed by atoms with Crippen LogP contribution in [0.15, 0.2) is 24.4 Å². The molecule has 2 fully saturated rings. The van der Waals surface area contributed by atoms with Crippen LogP contribution in [-0.2, 0) is 6.42 Å². The van der Waals surface area contributed by atoms with Gasteiger partial charge in [0.1, 0.15) is 0 Å². The first-order valence-corrected chi connectivity index (χ1v) is 7.31. The summed E-state index contributed by atoms with van der Waals surface area (Å²) >= 11 is 0. The monoisotopic (exact) mass is 245 g/mol. The zero-order chi connectivity index (χ0) is 12.2. The van der Waals surface area contributed by atoms with Gasteiger partial charge in [-0.15, -0.1) is 0 Å². The summed E-state index contributed by atoms with van der Waals surface area (Å²) in [4.78, 5) is 7.10. The Balaban J connectivity index is 1.55. The number of hydrogen-bond acceptors (Lipinski definition) is 3. The Hall–Kier alpha value is -0.930. The van der Waals surface area contributed by atoms with E-state index in [9.17, 15) is 0 Å². The summed E-state index contributed by atoms with van der Waals surface area (Å²) in [5, 5.41) is 3.67. The van der Waals surface area contributed by atoms with E-state index >= 15 is 0 Å². The number of hydrogen-bond donors (Lipinski definition) is 1. The van der Waals surface area contributed by atoms with E-state index in [-0.39, 0.29) is 0 Å². The van der Waals surface area contributed by atoms with Gasteiger partial charge in [0, 0.05) is 36.9 Å². The van der Waals surface area contributed by atoms with E-state index in [1.165, 1.54) is 51.0 Å². The van der Waals surface area contributed by atoms with E-state index in [2.05, 4.69) is 27.3 Å². The molecule has 3 heterocycles. The van der Waals surface area contributed by atoms with Gasteiger partial charge in [0.2, 0.25) is 0 Å². The smallest absolute Gasteiger partial charge is 0.0416 e. The molecule has 3 heteroatoms. The number of nitrogens with zero attached hydrogens (tertiary/aromatic N) is 2. The highest BCUT2D eigenvalue weighted by molar-refractivity contribution is 5.04. The molecule has 18 heavy (non-hydrogen) atoms. The first-order chi connectivity index (χ1) is 8.93. The van der Waals surface area contributed by atoms with Crippen LogP contribution in [0.4, 0.5) is 0 Å². The van der Waals surface area contributed by atoms with Gasteiger partial charge < -0.3 is 5.32 Å². The van der Waals surface area contributed by atoms with Crippen molar-refractivity contribution in [3.63, 3.8) is 0 Å². The van der Waals surface area contributed by atoms with Gasteiger partial charge in [0.15, 0.2) is 0 Å². The van der Waals surface area contributed by atoms with Crippen molar-refractivity contribution in [2.45, 2.75) is 44.2 Å². The third-order valence-corrected chi connectivity index (χ3v) is 4.36. The molecular weight excluding hydrogens is 222 g/mol. The Morgan fingerprint density at radius 1 is 1.28 bits per heavy atom. The fourth-order valence-electron chi connectivity index (χ4n) is 3.43. The lowest BCUT2D eigenvalue weighted by atomic mass is 10.0. The van der Waals surface area contributed by atoms with Gasteiger partial charge in [-0.05, 0) is 50.9 Å². The molecule has 1 aromatic heterocycles. The van der Waals surface area contributed by atoms with Gasteiger partial charge >= 0.3 is 0 Å². The van der Waals surface area contributed by atoms with Crippen LogP contribution in [0.25, 0.3) is 0 Å². The van der Waals surface area contributed by atoms with Crippen molar-refractivity contribution < 1.29 is 0 Å². The lowest BCUT2D eigenvalue weighted by molar-refractivity contribution is 0.216. The number of pyridine rings is 1. The van der Waals surface area contributed by atoms with Gasteiger partial charge in [0.25, 0.3) is 0 Å². The minimum atomic E-state index is 0.747. The van der Waals surface area contributed by atoms with Crippen LogP contribution in [0.3, 0.4) is 0 Å². The highest BCUT2D eigenvalue weighted by Gasteiger charge is 2.32. The van der Waals surface area contributed by atoms with E-state index in [1.54, 1.807) is 0 Å². The van der Waals surface area contributed by atoms with Crippen molar-refractivity contribution in [2.75, 3.05) is 19.6 Å². The SMILES string of the molecule is c1ccc(CCN2CCCC2C2CCCN2)nc1. The van der Waals surface area contributed by atoms with E-state index < -0.39 is 0 Å². The number of aromatic nitrogens is 1. The van der Waals surface area contributed by atoms with E-state index in [1.807, 2.05) is 12.3 Å². The van der Waals surface area contributed by atoms with Crippen LogP contribution in [0.2, 0.25) is 0 Å². The number of likely N-dealkylation sites (tertiary alicyclic amines) is 1. The Morgan fingerprint density at radius 2 is 2.28 bits per heavy atom. The molecule has 0 aromatic carbocycles. The molecule has 3 rings (SSSR count). The predicted octanol–water partition coefficient (Wildman–Crippen LogP) is 1.84. The van der Waals surface area contributed by atoms with Crippen LogP contribution in [0.1, 0.15) is 31.4 Å². The molecule has 0 saturated carbocycles. The largest absolute Gasteiger partial charge is 0.312 e. The summed E-state index contributed by atoms with van der Waals surface area (Å²) in [5.41, 5.74) is 1.22. The van der Waals surface area contributed by atoms with E-state index in [0.29, 0.717) is 0 Å². The van der Waals surface area contributed by atoms with Crippen LogP contribution >= 0.6 is 0 Å². The first kappa shape index (κ1) is 12.1. The normalized spacial score (nSPS) is 28.9. The van der Waals surface area contributed by atoms with Gasteiger partial charge in [0.05, 0.1) is 0 Å². The third kappa shape index (κ3) is 2.73. The van der Waals surface area contributed by atoms with Crippen LogP contribution in [0.5, 0.6) is 0 Å². The number of nitrogens with one attached hydrogen (secondary N) is 1. The Morgan fingerprint density at radius 3 is 3.06 bits per heavy atom. The predicted molar refractivity (Wildman–Crippen MR) is 73.6 cm³/mol. The molecule has 3 nitrogen and oxygen atoms in total. The van der Waals surface area contributed by atoms with Gasteiger partial charge in [-0.2, -0.15) is 0 Å². The minimum absolute atomic E-state index is 0.747. The average molecular weight is 245 g/mol. The molecule has 2 aliphatic rings. The molecule has 1 aromatic rings. The first-order valence-electron chi connectivity index (χ1n) is 7.31. The maximum Gasteiger partial charge on any atom is 0.0416 e. The topological polar surface area (TPSA) is 28.2 Å². The van der Waals surface area contributed by atoms with Crippen molar-refractivity contribution in [1.82, 2.24) is 15.2 Å². The van der Waals surface area contributed by atoms with Crippen LogP contribution in [0, 0.1) is 0 Å². The lowest BCUT2D eigenvalue weighted by Crippen LogP contribution is -2.44. The molecule has 0 spiro atoms. The van der Waals surface area contributed by atoms with Crippen molar-refractivity contribution in [3.8, 4) is 0 Å². The summed E-state index contributed by atoms with van der Waals surface area (Å²) < 4.78 is 0. The second kappa shape index (κ2) is 5.81. The third-order valence-electron chi connectivity index (χ3n) is 4.36. The molecule has 1 N–H and O–H groups in total. The van der Waals surface area contributed by atoms with Gasteiger partial charge in [-0.25, -0.2) is 0 Å². The quantitative estimate of drug-likeness (QED) is 0.877. The molecule has 2 unspecified atom stereocenters. The van der Waals surface area contributed by atoms with Gasteiger partial charge in [-0.3, -0.25) is 9.88 Å². The fourth-order valence-corrected chi connectivity index (χ4v) is 3.43. The van der Waals surface area contributed by atoms with E-state index in [4.69, 9.17) is 0 Å². The zero-order valence-electron chi connectivity index (χ0n) is 11.0. The molecule has 98 valence electrons. The summed E-state index contributed by atoms with van der Waals surface area (Å²) in [7, 11) is 0. The van der Waals surface area contributed by atoms with Crippen molar-refractivity contribution >= 4 is 0 Å². The highest BCUT2D eigenvalue weighted by Crippen LogP contribution is 2.24. The molecule has 2 atom stereocenters. The van der Waals surface area contributed by atoms with Crippen LogP contribution in [-0.4, -0.2) is 41.6 Å². The van der Waals surface area contributed by atoms with Gasteiger partial charge in [-0.1, -0.05) is 6.07 Å². The maximum atomic E-state index is 4.42. The Labute approximate surface area is 110 Å². The Bertz CT molecular complexity index is 359. The standard InChI is InChI=1S/C15H23N3/c1-2-9-16-13(5-1)8-12-18-11-4-7-15(18)14-6-3-10-17-14/h1-2,5,9,14-15,17H,3-4,6-8,10-12H2. The second-order valence-corrected chi connectivity index (χ2v) is 5.52. The fraction of sp³-hybridized carbons (Fsp3) is 0.667. The molecule has 0 aliphatic carbocycles. The van der Waals surface area contributed by atoms with Crippen molar-refractivity contribution in [3.05, 3.63) is 30.1 Å². The highest BCUT2D eigenvalue weighted by atomic mass is 15.2. The minimum Gasteiger partial charge on any atom is -0.312 e. The summed E-state index contributed by atoms with van der Waals surface area (Å²) in [6.07, 6.45) is 8.45. The lowest BCUT2D eigenvalue weighted by Gasteiger charge is -2.29. The average Bonchev–Trinajstić information content (AvgIpc) is 3.08.